The third kappa shape index (κ3) is 2.22. The number of rotatable bonds is 2. The molecule has 1 aromatic carbocycles. The van der Waals surface area contributed by atoms with Crippen molar-refractivity contribution in [3.63, 3.8) is 0 Å². The van der Waals surface area contributed by atoms with Gasteiger partial charge in [0, 0.05) is 9.13 Å². The fourth-order valence-electron chi connectivity index (χ4n) is 0.920. The third-order valence-corrected chi connectivity index (χ3v) is 2.73. The highest BCUT2D eigenvalue weighted by atomic mass is 127. The van der Waals surface area contributed by atoms with Crippen molar-refractivity contribution in [1.29, 1.82) is 5.26 Å². The van der Waals surface area contributed by atoms with Crippen molar-refractivity contribution < 1.29 is 9.18 Å². The Morgan fingerprint density at radius 3 is 2.79 bits per heavy atom. The van der Waals surface area contributed by atoms with E-state index in [1.807, 2.05) is 22.6 Å². The molecule has 0 aromatic heterocycles. The van der Waals surface area contributed by atoms with E-state index in [-0.39, 0.29) is 17.2 Å². The Labute approximate surface area is 98.8 Å². The molecule has 0 saturated carbocycles. The van der Waals surface area contributed by atoms with Gasteiger partial charge in [-0.15, -0.1) is 11.6 Å². The van der Waals surface area contributed by atoms with E-state index in [2.05, 4.69) is 0 Å². The number of hydrogen-bond acceptors (Lipinski definition) is 2. The van der Waals surface area contributed by atoms with Crippen LogP contribution in [0.15, 0.2) is 12.1 Å². The van der Waals surface area contributed by atoms with Gasteiger partial charge in [0.1, 0.15) is 11.9 Å². The number of alkyl halides is 1. The summed E-state index contributed by atoms with van der Waals surface area (Å²) in [7, 11) is 0. The summed E-state index contributed by atoms with van der Waals surface area (Å²) in [6, 6.07) is 4.04. The molecule has 0 aliphatic heterocycles. The molecule has 1 rings (SSSR count). The van der Waals surface area contributed by atoms with E-state index in [0.717, 1.165) is 6.07 Å². The second-order valence-electron chi connectivity index (χ2n) is 2.48. The molecule has 0 spiro atoms. The third-order valence-electron chi connectivity index (χ3n) is 1.60. The van der Waals surface area contributed by atoms with Gasteiger partial charge < -0.3 is 0 Å². The molecular weight excluding hydrogens is 319 g/mol. The fourth-order valence-corrected chi connectivity index (χ4v) is 1.79. The van der Waals surface area contributed by atoms with E-state index in [1.165, 1.54) is 6.07 Å². The Bertz CT molecular complexity index is 428. The summed E-state index contributed by atoms with van der Waals surface area (Å²) in [6.45, 7) is 0. The largest absolute Gasteiger partial charge is 0.293 e. The van der Waals surface area contributed by atoms with Gasteiger partial charge in [0.15, 0.2) is 5.78 Å². The molecule has 0 fully saturated rings. The fraction of sp³-hybridized carbons (Fsp3) is 0.111. The molecular formula is C9H4ClFINO. The average Bonchev–Trinajstić information content (AvgIpc) is 2.17. The number of benzene rings is 1. The van der Waals surface area contributed by atoms with Crippen LogP contribution in [0.1, 0.15) is 15.9 Å². The van der Waals surface area contributed by atoms with Gasteiger partial charge in [-0.3, -0.25) is 4.79 Å². The van der Waals surface area contributed by atoms with Crippen LogP contribution in [0, 0.1) is 20.7 Å². The maximum atomic E-state index is 13.0. The van der Waals surface area contributed by atoms with Crippen LogP contribution in [0.4, 0.5) is 4.39 Å². The Hall–Kier alpha value is -0.670. The average molecular weight is 323 g/mol. The van der Waals surface area contributed by atoms with Gasteiger partial charge in [0.25, 0.3) is 0 Å². The van der Waals surface area contributed by atoms with E-state index in [9.17, 15) is 9.18 Å². The SMILES string of the molecule is N#Cc1cc(C(=O)CCl)c(I)cc1F. The molecule has 0 amide bonds. The van der Waals surface area contributed by atoms with Gasteiger partial charge in [-0.2, -0.15) is 5.26 Å². The van der Waals surface area contributed by atoms with Crippen LogP contribution in [0.5, 0.6) is 0 Å². The summed E-state index contributed by atoms with van der Waals surface area (Å²) in [5.41, 5.74) is 0.150. The van der Waals surface area contributed by atoms with Crippen LogP contribution in [-0.4, -0.2) is 11.7 Å². The number of halogens is 3. The summed E-state index contributed by atoms with van der Waals surface area (Å²) in [4.78, 5) is 11.2. The molecule has 0 saturated heterocycles. The zero-order valence-corrected chi connectivity index (χ0v) is 9.76. The van der Waals surface area contributed by atoms with Crippen molar-refractivity contribution in [3.8, 4) is 6.07 Å². The molecule has 0 aliphatic carbocycles. The monoisotopic (exact) mass is 323 g/mol. The first-order chi connectivity index (χ1) is 6.60. The number of nitriles is 1. The van der Waals surface area contributed by atoms with E-state index in [1.54, 1.807) is 6.07 Å². The number of nitrogens with zero attached hydrogens (tertiary/aromatic N) is 1. The van der Waals surface area contributed by atoms with Crippen molar-refractivity contribution in [2.45, 2.75) is 0 Å². The minimum Gasteiger partial charge on any atom is -0.293 e. The van der Waals surface area contributed by atoms with Crippen molar-refractivity contribution >= 4 is 40.0 Å². The molecule has 0 N–H and O–H groups in total. The molecule has 14 heavy (non-hydrogen) atoms. The second-order valence-corrected chi connectivity index (χ2v) is 3.91. The lowest BCUT2D eigenvalue weighted by Gasteiger charge is -2.02. The molecule has 0 unspecified atom stereocenters. The number of hydrogen-bond donors (Lipinski definition) is 0. The predicted molar refractivity (Wildman–Crippen MR) is 58.9 cm³/mol. The summed E-state index contributed by atoms with van der Waals surface area (Å²) in [6.07, 6.45) is 0. The van der Waals surface area contributed by atoms with Crippen LogP contribution in [-0.2, 0) is 0 Å². The molecule has 0 atom stereocenters. The zero-order chi connectivity index (χ0) is 10.7. The molecule has 0 radical (unpaired) electrons. The minimum absolute atomic E-state index is 0.140. The number of ketones is 1. The van der Waals surface area contributed by atoms with Gasteiger partial charge in [-0.25, -0.2) is 4.39 Å². The maximum Gasteiger partial charge on any atom is 0.178 e. The lowest BCUT2D eigenvalue weighted by molar-refractivity contribution is 0.102. The van der Waals surface area contributed by atoms with Gasteiger partial charge >= 0.3 is 0 Å². The highest BCUT2D eigenvalue weighted by molar-refractivity contribution is 14.1. The molecule has 2 nitrogen and oxygen atoms in total. The van der Waals surface area contributed by atoms with Crippen molar-refractivity contribution in [2.75, 3.05) is 5.88 Å². The molecule has 0 aliphatic rings. The Morgan fingerprint density at radius 1 is 1.64 bits per heavy atom. The van der Waals surface area contributed by atoms with Crippen molar-refractivity contribution in [1.82, 2.24) is 0 Å². The Morgan fingerprint density at radius 2 is 2.29 bits per heavy atom. The van der Waals surface area contributed by atoms with Crippen LogP contribution in [0.2, 0.25) is 0 Å². The van der Waals surface area contributed by atoms with Crippen LogP contribution >= 0.6 is 34.2 Å². The highest BCUT2D eigenvalue weighted by Crippen LogP contribution is 2.18. The predicted octanol–water partition coefficient (Wildman–Crippen LogP) is 2.72. The first kappa shape index (κ1) is 11.4. The van der Waals surface area contributed by atoms with Gasteiger partial charge in [-0.05, 0) is 34.7 Å². The lowest BCUT2D eigenvalue weighted by atomic mass is 10.1. The van der Waals surface area contributed by atoms with Crippen molar-refractivity contribution in [3.05, 3.63) is 32.6 Å². The summed E-state index contributed by atoms with van der Waals surface area (Å²) in [5.74, 6) is -1.11. The maximum absolute atomic E-state index is 13.0. The summed E-state index contributed by atoms with van der Waals surface area (Å²) in [5, 5.41) is 8.55. The van der Waals surface area contributed by atoms with E-state index in [4.69, 9.17) is 16.9 Å². The quantitative estimate of drug-likeness (QED) is 0.477. The normalized spacial score (nSPS) is 9.57. The molecule has 72 valence electrons. The van der Waals surface area contributed by atoms with Gasteiger partial charge in [-0.1, -0.05) is 0 Å². The number of carbonyl (C=O) groups excluding carboxylic acids is 1. The first-order valence-corrected chi connectivity index (χ1v) is 5.19. The minimum atomic E-state index is -0.622. The van der Waals surface area contributed by atoms with E-state index in [0.29, 0.717) is 9.13 Å². The molecule has 1 aromatic rings. The Kier molecular flexibility index (Phi) is 3.84. The molecule has 0 bridgehead atoms. The molecule has 5 heteroatoms. The van der Waals surface area contributed by atoms with E-state index < -0.39 is 5.82 Å². The summed E-state index contributed by atoms with van der Waals surface area (Å²) >= 11 is 7.19. The number of carbonyl (C=O) groups is 1. The van der Waals surface area contributed by atoms with Crippen LogP contribution in [0.3, 0.4) is 0 Å². The van der Waals surface area contributed by atoms with Crippen molar-refractivity contribution in [2.24, 2.45) is 0 Å². The topological polar surface area (TPSA) is 40.9 Å². The highest BCUT2D eigenvalue weighted by Gasteiger charge is 2.13. The van der Waals surface area contributed by atoms with Gasteiger partial charge in [0.2, 0.25) is 0 Å². The van der Waals surface area contributed by atoms with Crippen LogP contribution < -0.4 is 0 Å². The smallest absolute Gasteiger partial charge is 0.178 e. The number of Topliss-reactive ketones (excluding diaryl/α,β-unsaturated/α-hetero) is 1. The molecule has 0 heterocycles. The van der Waals surface area contributed by atoms with Gasteiger partial charge in [0.05, 0.1) is 11.4 Å². The Balaban J connectivity index is 3.33. The summed E-state index contributed by atoms with van der Waals surface area (Å²) < 4.78 is 13.5. The lowest BCUT2D eigenvalue weighted by Crippen LogP contribution is -2.04. The first-order valence-electron chi connectivity index (χ1n) is 3.58. The standard InChI is InChI=1S/C9H4ClFINO/c10-3-9(14)6-1-5(4-13)7(11)2-8(6)12/h1-2H,3H2. The van der Waals surface area contributed by atoms with E-state index >= 15 is 0 Å². The van der Waals surface area contributed by atoms with Crippen LogP contribution in [0.25, 0.3) is 0 Å². The second kappa shape index (κ2) is 4.71. The zero-order valence-electron chi connectivity index (χ0n) is 6.85.